The van der Waals surface area contributed by atoms with E-state index in [0.29, 0.717) is 0 Å². The van der Waals surface area contributed by atoms with E-state index in [1.807, 2.05) is 78.9 Å². The van der Waals surface area contributed by atoms with Gasteiger partial charge in [-0.15, -0.1) is 0 Å². The van der Waals surface area contributed by atoms with Gasteiger partial charge in [-0.25, -0.2) is 4.98 Å². The van der Waals surface area contributed by atoms with E-state index in [-0.39, 0.29) is 0 Å². The zero-order valence-corrected chi connectivity index (χ0v) is 13.7. The van der Waals surface area contributed by atoms with Crippen molar-refractivity contribution in [3.05, 3.63) is 102 Å². The lowest BCUT2D eigenvalue weighted by molar-refractivity contribution is 0.482. The molecule has 0 amide bonds. The average Bonchev–Trinajstić information content (AvgIpc) is 2.67. The van der Waals surface area contributed by atoms with Crippen LogP contribution >= 0.6 is 0 Å². The first-order valence-electron chi connectivity index (χ1n) is 8.24. The fraction of sp³-hybridized carbons (Fsp3) is 0. The molecule has 4 rings (SSSR count). The standard InChI is InChI=1S/C23H17NO/c1-2-9-21(10-3-1)25-22-11-6-7-18(17-22)13-15-20-16-14-19-8-4-5-12-23(19)24-20/h1-17H/b15-13+. The zero-order valence-electron chi connectivity index (χ0n) is 13.7. The molecular weight excluding hydrogens is 306 g/mol. The predicted octanol–water partition coefficient (Wildman–Crippen LogP) is 6.20. The fourth-order valence-electron chi connectivity index (χ4n) is 2.66. The van der Waals surface area contributed by atoms with Crippen molar-refractivity contribution in [3.8, 4) is 11.5 Å². The Bertz CT molecular complexity index is 1020. The molecule has 0 unspecified atom stereocenters. The molecule has 4 aromatic rings. The summed E-state index contributed by atoms with van der Waals surface area (Å²) in [7, 11) is 0. The normalized spacial score (nSPS) is 11.0. The third kappa shape index (κ3) is 3.75. The van der Waals surface area contributed by atoms with E-state index in [0.717, 1.165) is 33.7 Å². The number of benzene rings is 3. The summed E-state index contributed by atoms with van der Waals surface area (Å²) >= 11 is 0. The minimum atomic E-state index is 0.819. The topological polar surface area (TPSA) is 22.1 Å². The summed E-state index contributed by atoms with van der Waals surface area (Å²) in [4.78, 5) is 4.66. The van der Waals surface area contributed by atoms with E-state index in [2.05, 4.69) is 29.3 Å². The highest BCUT2D eigenvalue weighted by atomic mass is 16.5. The second-order valence-electron chi connectivity index (χ2n) is 5.75. The van der Waals surface area contributed by atoms with Crippen molar-refractivity contribution >= 4 is 23.1 Å². The fourth-order valence-corrected chi connectivity index (χ4v) is 2.66. The van der Waals surface area contributed by atoms with E-state index >= 15 is 0 Å². The van der Waals surface area contributed by atoms with Crippen LogP contribution in [0.1, 0.15) is 11.3 Å². The quantitative estimate of drug-likeness (QED) is 0.446. The molecule has 0 aliphatic carbocycles. The van der Waals surface area contributed by atoms with Crippen molar-refractivity contribution in [2.75, 3.05) is 0 Å². The Labute approximate surface area is 147 Å². The number of pyridine rings is 1. The molecule has 0 radical (unpaired) electrons. The summed E-state index contributed by atoms with van der Waals surface area (Å²) in [5, 5.41) is 1.15. The van der Waals surface area contributed by atoms with Crippen LogP contribution in [0, 0.1) is 0 Å². The first kappa shape index (κ1) is 15.2. The van der Waals surface area contributed by atoms with Crippen molar-refractivity contribution in [2.45, 2.75) is 0 Å². The number of nitrogens with zero attached hydrogens (tertiary/aromatic N) is 1. The third-order valence-electron chi connectivity index (χ3n) is 3.90. The Morgan fingerprint density at radius 3 is 2.36 bits per heavy atom. The molecule has 0 fully saturated rings. The van der Waals surface area contributed by atoms with Gasteiger partial charge in [0.15, 0.2) is 0 Å². The first-order chi connectivity index (χ1) is 12.4. The number of rotatable bonds is 4. The average molecular weight is 323 g/mol. The maximum atomic E-state index is 5.88. The lowest BCUT2D eigenvalue weighted by atomic mass is 10.1. The maximum Gasteiger partial charge on any atom is 0.128 e. The molecular formula is C23H17NO. The van der Waals surface area contributed by atoms with E-state index < -0.39 is 0 Å². The molecule has 0 aliphatic heterocycles. The van der Waals surface area contributed by atoms with Gasteiger partial charge in [-0.1, -0.05) is 60.7 Å². The second kappa shape index (κ2) is 7.02. The SMILES string of the molecule is C(=C\c1ccc2ccccc2n1)/c1cccc(Oc2ccccc2)c1. The van der Waals surface area contributed by atoms with Gasteiger partial charge in [0, 0.05) is 5.39 Å². The molecule has 25 heavy (non-hydrogen) atoms. The number of aromatic nitrogens is 1. The molecule has 0 saturated heterocycles. The van der Waals surface area contributed by atoms with Gasteiger partial charge in [-0.2, -0.15) is 0 Å². The number of fused-ring (bicyclic) bond motifs is 1. The monoisotopic (exact) mass is 323 g/mol. The first-order valence-corrected chi connectivity index (χ1v) is 8.24. The van der Waals surface area contributed by atoms with E-state index in [1.165, 1.54) is 0 Å². The minimum absolute atomic E-state index is 0.819. The van der Waals surface area contributed by atoms with Crippen molar-refractivity contribution in [1.29, 1.82) is 0 Å². The van der Waals surface area contributed by atoms with E-state index in [9.17, 15) is 0 Å². The van der Waals surface area contributed by atoms with Gasteiger partial charge in [0.1, 0.15) is 11.5 Å². The molecule has 3 aromatic carbocycles. The van der Waals surface area contributed by atoms with Crippen LogP contribution in [0.4, 0.5) is 0 Å². The molecule has 1 aromatic heterocycles. The molecule has 0 atom stereocenters. The number of para-hydroxylation sites is 2. The molecule has 0 spiro atoms. The van der Waals surface area contributed by atoms with Crippen LogP contribution in [0.25, 0.3) is 23.1 Å². The van der Waals surface area contributed by atoms with Crippen LogP contribution in [0.3, 0.4) is 0 Å². The molecule has 0 aliphatic rings. The lowest BCUT2D eigenvalue weighted by Gasteiger charge is -2.06. The third-order valence-corrected chi connectivity index (χ3v) is 3.90. The van der Waals surface area contributed by atoms with Gasteiger partial charge < -0.3 is 4.74 Å². The van der Waals surface area contributed by atoms with Crippen LogP contribution in [0.5, 0.6) is 11.5 Å². The van der Waals surface area contributed by atoms with Crippen LogP contribution in [-0.4, -0.2) is 4.98 Å². The molecule has 0 saturated carbocycles. The van der Waals surface area contributed by atoms with E-state index in [1.54, 1.807) is 0 Å². The number of ether oxygens (including phenoxy) is 1. The van der Waals surface area contributed by atoms with Gasteiger partial charge in [-0.3, -0.25) is 0 Å². The zero-order chi connectivity index (χ0) is 16.9. The second-order valence-corrected chi connectivity index (χ2v) is 5.75. The predicted molar refractivity (Wildman–Crippen MR) is 104 cm³/mol. The molecule has 2 heteroatoms. The van der Waals surface area contributed by atoms with Crippen molar-refractivity contribution in [1.82, 2.24) is 4.98 Å². The van der Waals surface area contributed by atoms with Crippen molar-refractivity contribution < 1.29 is 4.74 Å². The minimum Gasteiger partial charge on any atom is -0.457 e. The lowest BCUT2D eigenvalue weighted by Crippen LogP contribution is -1.84. The summed E-state index contributed by atoms with van der Waals surface area (Å²) < 4.78 is 5.88. The Hall–Kier alpha value is -3.39. The van der Waals surface area contributed by atoms with Crippen molar-refractivity contribution in [2.24, 2.45) is 0 Å². The largest absolute Gasteiger partial charge is 0.457 e. The Morgan fingerprint density at radius 1 is 0.640 bits per heavy atom. The molecule has 2 nitrogen and oxygen atoms in total. The smallest absolute Gasteiger partial charge is 0.128 e. The van der Waals surface area contributed by atoms with Crippen LogP contribution < -0.4 is 4.74 Å². The number of hydrogen-bond acceptors (Lipinski definition) is 2. The Balaban J connectivity index is 1.55. The summed E-state index contributed by atoms with van der Waals surface area (Å²) in [5.74, 6) is 1.65. The maximum absolute atomic E-state index is 5.88. The van der Waals surface area contributed by atoms with Gasteiger partial charge in [-0.05, 0) is 48.0 Å². The van der Waals surface area contributed by atoms with Gasteiger partial charge in [0.05, 0.1) is 11.2 Å². The highest BCUT2D eigenvalue weighted by Crippen LogP contribution is 2.22. The van der Waals surface area contributed by atoms with Crippen molar-refractivity contribution in [3.63, 3.8) is 0 Å². The summed E-state index contributed by atoms with van der Waals surface area (Å²) in [5.41, 5.74) is 3.02. The van der Waals surface area contributed by atoms with Gasteiger partial charge >= 0.3 is 0 Å². The van der Waals surface area contributed by atoms with Gasteiger partial charge in [0.2, 0.25) is 0 Å². The molecule has 0 N–H and O–H groups in total. The molecule has 1 heterocycles. The van der Waals surface area contributed by atoms with E-state index in [4.69, 9.17) is 4.74 Å². The Morgan fingerprint density at radius 2 is 1.44 bits per heavy atom. The summed E-state index contributed by atoms with van der Waals surface area (Å²) in [6.07, 6.45) is 4.07. The highest BCUT2D eigenvalue weighted by Gasteiger charge is 1.98. The Kier molecular flexibility index (Phi) is 4.25. The van der Waals surface area contributed by atoms with Gasteiger partial charge in [0.25, 0.3) is 0 Å². The van der Waals surface area contributed by atoms with Crippen LogP contribution in [0.15, 0.2) is 91.0 Å². The molecule has 0 bridgehead atoms. The molecule has 120 valence electrons. The van der Waals surface area contributed by atoms with Crippen LogP contribution in [0.2, 0.25) is 0 Å². The van der Waals surface area contributed by atoms with Crippen LogP contribution in [-0.2, 0) is 0 Å². The highest BCUT2D eigenvalue weighted by molar-refractivity contribution is 5.80. The summed E-state index contributed by atoms with van der Waals surface area (Å²) in [6, 6.07) is 30.1. The summed E-state index contributed by atoms with van der Waals surface area (Å²) in [6.45, 7) is 0. The number of hydrogen-bond donors (Lipinski definition) is 0.